The van der Waals surface area contributed by atoms with Crippen LogP contribution in [0.5, 0.6) is 0 Å². The van der Waals surface area contributed by atoms with Gasteiger partial charge in [0, 0.05) is 5.04 Å². The standard InChI is InChI=1S/C14H27NOSi/c1-12(2)8-7-9-13(3)10-11-15-17(16)14(4,5)6/h8,11,13H,7,9-10H2,1-6H3. The minimum absolute atomic E-state index is 0.174. The monoisotopic (exact) mass is 253 g/mol. The average molecular weight is 253 g/mol. The van der Waals surface area contributed by atoms with Gasteiger partial charge in [-0.2, -0.15) is 0 Å². The van der Waals surface area contributed by atoms with Crippen LogP contribution in [0.25, 0.3) is 0 Å². The van der Waals surface area contributed by atoms with Crippen LogP contribution in [-0.2, 0) is 4.46 Å². The molecule has 0 aromatic heterocycles. The van der Waals surface area contributed by atoms with Crippen LogP contribution in [-0.4, -0.2) is 15.1 Å². The second-order valence-electron chi connectivity index (χ2n) is 6.07. The summed E-state index contributed by atoms with van der Waals surface area (Å²) in [6.07, 6.45) is 7.37. The quantitative estimate of drug-likeness (QED) is 0.388. The highest BCUT2D eigenvalue weighted by molar-refractivity contribution is 6.45. The van der Waals surface area contributed by atoms with Gasteiger partial charge in [-0.05, 0) is 45.2 Å². The molecule has 0 radical (unpaired) electrons. The zero-order chi connectivity index (χ0) is 13.5. The first kappa shape index (κ1) is 16.4. The molecule has 0 bridgehead atoms. The Bertz CT molecular complexity index is 296. The first-order valence-electron chi connectivity index (χ1n) is 6.43. The predicted molar refractivity (Wildman–Crippen MR) is 77.1 cm³/mol. The van der Waals surface area contributed by atoms with E-state index in [4.69, 9.17) is 0 Å². The van der Waals surface area contributed by atoms with Gasteiger partial charge < -0.3 is 4.46 Å². The predicted octanol–water partition coefficient (Wildman–Crippen LogP) is 4.55. The molecule has 0 aliphatic carbocycles. The first-order valence-corrected chi connectivity index (χ1v) is 7.79. The van der Waals surface area contributed by atoms with Crippen molar-refractivity contribution >= 4 is 15.1 Å². The SMILES string of the molecule is CC(C)=CCCC(C)CC=N[Si](=O)C(C)(C)C. The summed E-state index contributed by atoms with van der Waals surface area (Å²) in [5.74, 6) is 0.615. The molecule has 98 valence electrons. The third-order valence-corrected chi connectivity index (χ3v) is 4.27. The van der Waals surface area contributed by atoms with Crippen LogP contribution in [0.3, 0.4) is 0 Å². The Kier molecular flexibility index (Phi) is 7.44. The van der Waals surface area contributed by atoms with E-state index >= 15 is 0 Å². The summed E-state index contributed by atoms with van der Waals surface area (Å²) in [6.45, 7) is 12.4. The molecular formula is C14H27NOSi. The topological polar surface area (TPSA) is 29.4 Å². The van der Waals surface area contributed by atoms with Crippen molar-refractivity contribution in [3.63, 3.8) is 0 Å². The maximum atomic E-state index is 11.7. The van der Waals surface area contributed by atoms with E-state index in [0.29, 0.717) is 5.92 Å². The van der Waals surface area contributed by atoms with Gasteiger partial charge in [-0.15, -0.1) is 0 Å². The molecule has 0 aromatic rings. The third-order valence-electron chi connectivity index (χ3n) is 2.57. The second-order valence-corrected chi connectivity index (χ2v) is 8.44. The molecule has 2 nitrogen and oxygen atoms in total. The van der Waals surface area contributed by atoms with Crippen molar-refractivity contribution in [3.05, 3.63) is 11.6 Å². The highest BCUT2D eigenvalue weighted by Gasteiger charge is 2.23. The summed E-state index contributed by atoms with van der Waals surface area (Å²) in [4.78, 5) is 0. The molecule has 0 saturated heterocycles. The van der Waals surface area contributed by atoms with E-state index in [0.717, 1.165) is 12.8 Å². The number of nitrogens with zero attached hydrogens (tertiary/aromatic N) is 1. The van der Waals surface area contributed by atoms with E-state index in [1.165, 1.54) is 12.0 Å². The fourth-order valence-electron chi connectivity index (χ4n) is 1.28. The minimum Gasteiger partial charge on any atom is -0.357 e. The lowest BCUT2D eigenvalue weighted by molar-refractivity contribution is 0.526. The summed E-state index contributed by atoms with van der Waals surface area (Å²) >= 11 is 0. The summed E-state index contributed by atoms with van der Waals surface area (Å²) in [7, 11) is -1.83. The van der Waals surface area contributed by atoms with Gasteiger partial charge in [0.25, 0.3) is 0 Å². The van der Waals surface area contributed by atoms with Gasteiger partial charge in [0.1, 0.15) is 0 Å². The van der Waals surface area contributed by atoms with E-state index in [-0.39, 0.29) is 5.04 Å². The molecule has 0 aliphatic rings. The Morgan fingerprint density at radius 3 is 2.41 bits per heavy atom. The molecule has 0 fully saturated rings. The van der Waals surface area contributed by atoms with Crippen LogP contribution in [0.2, 0.25) is 5.04 Å². The fraction of sp³-hybridized carbons (Fsp3) is 0.786. The molecule has 0 spiro atoms. The average Bonchev–Trinajstić information content (AvgIpc) is 2.15. The van der Waals surface area contributed by atoms with Crippen LogP contribution in [0.15, 0.2) is 16.3 Å². The second kappa shape index (κ2) is 7.70. The molecule has 0 amide bonds. The molecular weight excluding hydrogens is 226 g/mol. The highest BCUT2D eigenvalue weighted by Crippen LogP contribution is 2.22. The zero-order valence-electron chi connectivity index (χ0n) is 12.2. The van der Waals surface area contributed by atoms with E-state index in [1.54, 1.807) is 0 Å². The molecule has 17 heavy (non-hydrogen) atoms. The van der Waals surface area contributed by atoms with E-state index in [2.05, 4.69) is 31.5 Å². The highest BCUT2D eigenvalue weighted by atomic mass is 28.3. The summed E-state index contributed by atoms with van der Waals surface area (Å²) < 4.78 is 15.9. The lowest BCUT2D eigenvalue weighted by Gasteiger charge is -2.10. The Labute approximate surface area is 108 Å². The molecule has 1 unspecified atom stereocenters. The van der Waals surface area contributed by atoms with Crippen molar-refractivity contribution in [3.8, 4) is 0 Å². The lowest BCUT2D eigenvalue weighted by atomic mass is 10.0. The van der Waals surface area contributed by atoms with Crippen LogP contribution < -0.4 is 0 Å². The maximum Gasteiger partial charge on any atom is 0.423 e. The zero-order valence-corrected chi connectivity index (χ0v) is 13.2. The Morgan fingerprint density at radius 1 is 1.35 bits per heavy atom. The third kappa shape index (κ3) is 9.16. The smallest absolute Gasteiger partial charge is 0.357 e. The van der Waals surface area contributed by atoms with Crippen molar-refractivity contribution in [2.24, 2.45) is 10.6 Å². The van der Waals surface area contributed by atoms with Gasteiger partial charge in [-0.25, -0.2) is 0 Å². The molecule has 0 aromatic carbocycles. The number of hydrogen-bond donors (Lipinski definition) is 0. The summed E-state index contributed by atoms with van der Waals surface area (Å²) in [5, 5.41) is -0.174. The van der Waals surface area contributed by atoms with Crippen LogP contribution in [0, 0.1) is 5.92 Å². The Hall–Kier alpha value is -0.573. The maximum absolute atomic E-state index is 11.7. The molecule has 1 atom stereocenters. The van der Waals surface area contributed by atoms with Crippen molar-refractivity contribution in [2.45, 2.75) is 65.8 Å². The number of allylic oxidation sites excluding steroid dienone is 2. The van der Waals surface area contributed by atoms with Crippen LogP contribution in [0.1, 0.15) is 60.8 Å². The fourth-order valence-corrected chi connectivity index (χ4v) is 1.94. The van der Waals surface area contributed by atoms with Crippen LogP contribution in [0.4, 0.5) is 0 Å². The van der Waals surface area contributed by atoms with Gasteiger partial charge in [-0.1, -0.05) is 39.3 Å². The summed E-state index contributed by atoms with van der Waals surface area (Å²) in [5.41, 5.74) is 1.38. The van der Waals surface area contributed by atoms with Crippen molar-refractivity contribution in [1.82, 2.24) is 0 Å². The van der Waals surface area contributed by atoms with Gasteiger partial charge in [0.05, 0.1) is 0 Å². The lowest BCUT2D eigenvalue weighted by Crippen LogP contribution is -2.13. The molecule has 0 saturated carbocycles. The van der Waals surface area contributed by atoms with E-state index in [1.807, 2.05) is 27.0 Å². The number of hydrogen-bond acceptors (Lipinski definition) is 1. The Morgan fingerprint density at radius 2 is 1.94 bits per heavy atom. The van der Waals surface area contributed by atoms with E-state index in [9.17, 15) is 4.46 Å². The number of rotatable bonds is 6. The van der Waals surface area contributed by atoms with Crippen molar-refractivity contribution in [1.29, 1.82) is 0 Å². The minimum atomic E-state index is -1.83. The van der Waals surface area contributed by atoms with Crippen molar-refractivity contribution in [2.75, 3.05) is 0 Å². The van der Waals surface area contributed by atoms with E-state index < -0.39 is 8.84 Å². The Balaban J connectivity index is 3.92. The normalized spacial score (nSPS) is 13.8. The van der Waals surface area contributed by atoms with Crippen molar-refractivity contribution < 1.29 is 4.46 Å². The molecule has 0 heterocycles. The van der Waals surface area contributed by atoms with Gasteiger partial charge >= 0.3 is 8.84 Å². The molecule has 0 rings (SSSR count). The molecule has 0 N–H and O–H groups in total. The van der Waals surface area contributed by atoms with Gasteiger partial charge in [0.2, 0.25) is 0 Å². The summed E-state index contributed by atoms with van der Waals surface area (Å²) in [6, 6.07) is 0. The molecule has 0 aliphatic heterocycles. The van der Waals surface area contributed by atoms with Crippen LogP contribution >= 0.6 is 0 Å². The van der Waals surface area contributed by atoms with Gasteiger partial charge in [-0.3, -0.25) is 4.66 Å². The largest absolute Gasteiger partial charge is 0.423 e. The van der Waals surface area contributed by atoms with Gasteiger partial charge in [0.15, 0.2) is 0 Å². The molecule has 3 heteroatoms. The first-order chi connectivity index (χ1) is 7.73.